The second kappa shape index (κ2) is 11.7. The highest BCUT2D eigenvalue weighted by molar-refractivity contribution is 6.25. The van der Waals surface area contributed by atoms with Crippen molar-refractivity contribution < 1.29 is 33.9 Å². The van der Waals surface area contributed by atoms with Crippen LogP contribution in [0.5, 0.6) is 0 Å². The quantitative estimate of drug-likeness (QED) is 0.111. The normalized spacial score (nSPS) is 27.9. The molecule has 192 valence electrons. The van der Waals surface area contributed by atoms with Gasteiger partial charge in [-0.25, -0.2) is 0 Å². The molecule has 0 aromatic heterocycles. The van der Waals surface area contributed by atoms with Gasteiger partial charge < -0.3 is 21.3 Å². The molecule has 2 amide bonds. The minimum Gasteiger partial charge on any atom is -0.481 e. The summed E-state index contributed by atoms with van der Waals surface area (Å²) in [5.74, 6) is -2.68. The molecule has 0 aromatic carbocycles. The minimum absolute atomic E-state index is 0.149. The van der Waals surface area contributed by atoms with Crippen molar-refractivity contribution in [3.8, 4) is 0 Å². The fraction of sp³-hybridized carbons (Fsp3) is 0.760. The van der Waals surface area contributed by atoms with Gasteiger partial charge in [0.2, 0.25) is 17.6 Å². The molecule has 4 saturated carbocycles. The van der Waals surface area contributed by atoms with Crippen LogP contribution in [0.2, 0.25) is 0 Å². The van der Waals surface area contributed by atoms with Crippen LogP contribution in [0.1, 0.15) is 77.6 Å². The highest BCUT2D eigenvalue weighted by atomic mass is 16.4. The maximum absolute atomic E-state index is 13.6. The van der Waals surface area contributed by atoms with Crippen LogP contribution in [0.4, 0.5) is 0 Å². The lowest BCUT2D eigenvalue weighted by molar-refractivity contribution is -0.152. The molecule has 0 aromatic rings. The van der Waals surface area contributed by atoms with Gasteiger partial charge in [0.15, 0.2) is 5.78 Å². The van der Waals surface area contributed by atoms with Crippen LogP contribution in [0, 0.1) is 29.1 Å². The van der Waals surface area contributed by atoms with Crippen molar-refractivity contribution in [2.24, 2.45) is 29.1 Å². The Kier molecular flexibility index (Phi) is 8.94. The Hall–Kier alpha value is -2.87. The van der Waals surface area contributed by atoms with E-state index in [0.29, 0.717) is 43.4 Å². The zero-order chi connectivity index (χ0) is 25.6. The lowest BCUT2D eigenvalue weighted by Crippen LogP contribution is -2.57. The zero-order valence-corrected chi connectivity index (χ0v) is 20.3. The minimum atomic E-state index is -1.46. The third kappa shape index (κ3) is 6.84. The number of carboxylic acid groups (broad SMARTS) is 1. The summed E-state index contributed by atoms with van der Waals surface area (Å²) in [6.45, 7) is 1.84. The number of aliphatic carboxylic acids is 1. The molecule has 4 aliphatic carbocycles. The van der Waals surface area contributed by atoms with E-state index >= 15 is 0 Å². The van der Waals surface area contributed by atoms with Gasteiger partial charge in [0.1, 0.15) is 5.92 Å². The topological polar surface area (TPSA) is 166 Å². The Bertz CT molecular complexity index is 874. The van der Waals surface area contributed by atoms with E-state index in [4.69, 9.17) is 5.53 Å². The van der Waals surface area contributed by atoms with E-state index < -0.39 is 34.9 Å². The molecule has 0 heterocycles. The van der Waals surface area contributed by atoms with E-state index in [0.717, 1.165) is 19.3 Å². The van der Waals surface area contributed by atoms with Gasteiger partial charge >= 0.3 is 12.2 Å². The number of nitrogens with zero attached hydrogens (tertiary/aromatic N) is 2. The fourth-order valence-corrected chi connectivity index (χ4v) is 6.77. The number of carbonyl (C=O) groups is 5. The summed E-state index contributed by atoms with van der Waals surface area (Å²) in [4.78, 5) is 64.2. The molecule has 35 heavy (non-hydrogen) atoms. The summed E-state index contributed by atoms with van der Waals surface area (Å²) in [7, 11) is 0. The molecular weight excluding hydrogens is 452 g/mol. The van der Waals surface area contributed by atoms with E-state index in [-0.39, 0.29) is 31.1 Å². The molecule has 10 nitrogen and oxygen atoms in total. The first-order valence-electron chi connectivity index (χ1n) is 12.7. The summed E-state index contributed by atoms with van der Waals surface area (Å²) in [6, 6.07) is -0.976. The maximum atomic E-state index is 13.6. The van der Waals surface area contributed by atoms with Crippen molar-refractivity contribution in [3.63, 3.8) is 0 Å². The van der Waals surface area contributed by atoms with Crippen LogP contribution in [0.3, 0.4) is 0 Å². The molecule has 2 unspecified atom stereocenters. The first-order chi connectivity index (χ1) is 16.6. The number of nitrogens with one attached hydrogen (secondary N) is 2. The average Bonchev–Trinajstić information content (AvgIpc) is 2.76. The second-order valence-corrected chi connectivity index (χ2v) is 10.7. The van der Waals surface area contributed by atoms with Gasteiger partial charge in [0, 0.05) is 25.3 Å². The Morgan fingerprint density at radius 3 is 2.14 bits per heavy atom. The molecule has 4 aliphatic rings. The molecule has 3 N–H and O–H groups in total. The average molecular weight is 489 g/mol. The summed E-state index contributed by atoms with van der Waals surface area (Å²) in [5.41, 5.74) is 8.01. The van der Waals surface area contributed by atoms with E-state index in [1.165, 1.54) is 26.2 Å². The Labute approximate surface area is 205 Å². The number of hydrogen-bond donors (Lipinski definition) is 3. The Morgan fingerprint density at radius 1 is 1.03 bits per heavy atom. The molecule has 0 saturated heterocycles. The SMILES string of the molecule is CC(=O)NCCCCC(NC(=O)C12CC3CC(CC(C3)C1)C2)C(=O)C(CCC(=O)C=[N+]=[N-])C(=O)O. The molecule has 0 spiro atoms. The Morgan fingerprint density at radius 2 is 1.63 bits per heavy atom. The van der Waals surface area contributed by atoms with Crippen LogP contribution in [-0.4, -0.2) is 58.0 Å². The first kappa shape index (κ1) is 26.7. The van der Waals surface area contributed by atoms with Crippen molar-refractivity contribution in [3.05, 3.63) is 5.53 Å². The van der Waals surface area contributed by atoms with Crippen LogP contribution in [-0.2, 0) is 24.0 Å². The molecule has 0 aliphatic heterocycles. The largest absolute Gasteiger partial charge is 0.481 e. The van der Waals surface area contributed by atoms with Gasteiger partial charge in [-0.15, -0.1) is 0 Å². The number of carboxylic acids is 1. The van der Waals surface area contributed by atoms with Gasteiger partial charge in [-0.3, -0.25) is 24.0 Å². The molecule has 2 atom stereocenters. The maximum Gasteiger partial charge on any atom is 0.323 e. The van der Waals surface area contributed by atoms with Crippen LogP contribution >= 0.6 is 0 Å². The fourth-order valence-electron chi connectivity index (χ4n) is 6.77. The van der Waals surface area contributed by atoms with Crippen molar-refractivity contribution in [2.75, 3.05) is 6.54 Å². The summed E-state index contributed by atoms with van der Waals surface area (Å²) >= 11 is 0. The third-order valence-electron chi connectivity index (χ3n) is 7.98. The first-order valence-corrected chi connectivity index (χ1v) is 12.7. The van der Waals surface area contributed by atoms with Gasteiger partial charge in [0.25, 0.3) is 0 Å². The Balaban J connectivity index is 1.70. The van der Waals surface area contributed by atoms with Gasteiger partial charge in [-0.1, -0.05) is 0 Å². The van der Waals surface area contributed by atoms with Crippen molar-refractivity contribution in [2.45, 2.75) is 83.6 Å². The summed E-state index contributed by atoms with van der Waals surface area (Å²) < 4.78 is 0. The number of ketones is 2. The predicted octanol–water partition coefficient (Wildman–Crippen LogP) is 1.91. The van der Waals surface area contributed by atoms with Crippen molar-refractivity contribution in [1.82, 2.24) is 10.6 Å². The van der Waals surface area contributed by atoms with E-state index in [2.05, 4.69) is 15.4 Å². The lowest BCUT2D eigenvalue weighted by Gasteiger charge is -2.55. The van der Waals surface area contributed by atoms with Gasteiger partial charge in [-0.05, 0) is 82.0 Å². The molecule has 10 heteroatoms. The molecule has 0 radical (unpaired) electrons. The molecule has 4 rings (SSSR count). The highest BCUT2D eigenvalue weighted by Gasteiger charge is 2.55. The van der Waals surface area contributed by atoms with Gasteiger partial charge in [0.05, 0.1) is 6.04 Å². The highest BCUT2D eigenvalue weighted by Crippen LogP contribution is 2.60. The van der Waals surface area contributed by atoms with Gasteiger partial charge in [-0.2, -0.15) is 4.79 Å². The van der Waals surface area contributed by atoms with E-state index in [9.17, 15) is 29.1 Å². The smallest absolute Gasteiger partial charge is 0.323 e. The van der Waals surface area contributed by atoms with E-state index in [1.54, 1.807) is 0 Å². The lowest BCUT2D eigenvalue weighted by atomic mass is 9.49. The van der Waals surface area contributed by atoms with Crippen molar-refractivity contribution >= 4 is 35.6 Å². The van der Waals surface area contributed by atoms with Crippen LogP contribution in [0.25, 0.3) is 5.53 Å². The zero-order valence-electron chi connectivity index (χ0n) is 20.3. The number of unbranched alkanes of at least 4 members (excludes halogenated alkanes) is 1. The number of Topliss-reactive ketones (excluding diaryl/α,β-unsaturated/α-hetero) is 2. The third-order valence-corrected chi connectivity index (χ3v) is 7.98. The van der Waals surface area contributed by atoms with Crippen molar-refractivity contribution in [1.29, 1.82) is 0 Å². The standard InChI is InChI=1S/C25H36N4O6/c1-15(30)27-7-3-2-4-21(22(32)20(23(33)34)6-5-19(31)14-28-26)29-24(35)25-11-16-8-17(12-25)10-18(9-16)13-25/h14,16-18,20-21H,2-13H2,1H3,(H,27,30)(H,29,35)(H,33,34). The number of rotatable bonds is 14. The number of amides is 2. The monoisotopic (exact) mass is 488 g/mol. The number of hydrogen-bond acceptors (Lipinski definition) is 5. The predicted molar refractivity (Wildman–Crippen MR) is 125 cm³/mol. The molecular formula is C25H36N4O6. The molecule has 4 bridgehead atoms. The molecule has 4 fully saturated rings. The van der Waals surface area contributed by atoms with Crippen LogP contribution < -0.4 is 10.6 Å². The second-order valence-electron chi connectivity index (χ2n) is 10.7. The number of carbonyl (C=O) groups excluding carboxylic acids is 4. The summed E-state index contributed by atoms with van der Waals surface area (Å²) in [6.07, 6.45) is 7.52. The van der Waals surface area contributed by atoms with E-state index in [1.807, 2.05) is 0 Å². The summed E-state index contributed by atoms with van der Waals surface area (Å²) in [5, 5.41) is 15.3. The van der Waals surface area contributed by atoms with Crippen LogP contribution in [0.15, 0.2) is 0 Å².